The zero-order chi connectivity index (χ0) is 16.4. The van der Waals surface area contributed by atoms with Crippen LogP contribution in [-0.2, 0) is 0 Å². The second kappa shape index (κ2) is 6.32. The molecule has 0 saturated carbocycles. The summed E-state index contributed by atoms with van der Waals surface area (Å²) in [6.45, 7) is 3.88. The van der Waals surface area contributed by atoms with Crippen molar-refractivity contribution < 1.29 is 9.47 Å². The van der Waals surface area contributed by atoms with Crippen molar-refractivity contribution in [3.8, 4) is 22.8 Å². The van der Waals surface area contributed by atoms with E-state index in [1.54, 1.807) is 14.2 Å². The van der Waals surface area contributed by atoms with Crippen LogP contribution in [0, 0.1) is 6.92 Å². The quantitative estimate of drug-likeness (QED) is 0.935. The summed E-state index contributed by atoms with van der Waals surface area (Å²) in [6, 6.07) is 5.69. The van der Waals surface area contributed by atoms with E-state index in [0.717, 1.165) is 30.2 Å². The van der Waals surface area contributed by atoms with E-state index in [1.165, 1.54) is 12.8 Å². The summed E-state index contributed by atoms with van der Waals surface area (Å²) < 4.78 is 10.7. The molecule has 1 aliphatic heterocycles. The number of aryl methyl sites for hydroxylation is 1. The molecule has 0 unspecified atom stereocenters. The molecule has 0 atom stereocenters. The molecule has 0 radical (unpaired) electrons. The maximum Gasteiger partial charge on any atom is 0.161 e. The van der Waals surface area contributed by atoms with Crippen molar-refractivity contribution in [3.63, 3.8) is 0 Å². The highest BCUT2D eigenvalue weighted by Crippen LogP contribution is 2.37. The molecule has 0 bridgehead atoms. The minimum absolute atomic E-state index is 0.615. The topological polar surface area (TPSA) is 73.5 Å². The zero-order valence-corrected chi connectivity index (χ0v) is 13.8. The molecule has 1 aliphatic rings. The first-order valence-electron chi connectivity index (χ1n) is 7.75. The highest BCUT2D eigenvalue weighted by Gasteiger charge is 2.21. The van der Waals surface area contributed by atoms with Gasteiger partial charge in [-0.3, -0.25) is 0 Å². The molecule has 1 saturated heterocycles. The molecule has 2 N–H and O–H groups in total. The third-order valence-corrected chi connectivity index (χ3v) is 4.10. The zero-order valence-electron chi connectivity index (χ0n) is 13.8. The fraction of sp³-hybridized carbons (Fsp3) is 0.412. The molecule has 6 heteroatoms. The molecule has 23 heavy (non-hydrogen) atoms. The maximum atomic E-state index is 6.39. The van der Waals surface area contributed by atoms with Gasteiger partial charge in [-0.1, -0.05) is 0 Å². The molecule has 1 fully saturated rings. The van der Waals surface area contributed by atoms with Crippen LogP contribution in [0.3, 0.4) is 0 Å². The van der Waals surface area contributed by atoms with E-state index in [4.69, 9.17) is 15.2 Å². The van der Waals surface area contributed by atoms with Gasteiger partial charge in [0.1, 0.15) is 11.5 Å². The number of anilines is 2. The number of hydrogen-bond donors (Lipinski definition) is 1. The smallest absolute Gasteiger partial charge is 0.161 e. The van der Waals surface area contributed by atoms with Crippen LogP contribution in [0.2, 0.25) is 0 Å². The normalized spacial score (nSPS) is 14.1. The van der Waals surface area contributed by atoms with E-state index in [0.29, 0.717) is 23.0 Å². The Kier molecular flexibility index (Phi) is 4.23. The fourth-order valence-corrected chi connectivity index (χ4v) is 2.94. The Balaban J connectivity index is 2.09. The molecule has 0 spiro atoms. The number of ether oxygens (including phenoxy) is 2. The van der Waals surface area contributed by atoms with Gasteiger partial charge in [0.2, 0.25) is 0 Å². The first kappa shape index (κ1) is 15.4. The van der Waals surface area contributed by atoms with Gasteiger partial charge in [-0.05, 0) is 38.0 Å². The van der Waals surface area contributed by atoms with E-state index >= 15 is 0 Å². The SMILES string of the molecule is COc1ccc(-c2nc(C)nc(N3CCCC3)c2N)cc1OC. The molecule has 6 nitrogen and oxygen atoms in total. The van der Waals surface area contributed by atoms with Crippen LogP contribution in [-0.4, -0.2) is 37.3 Å². The molecule has 0 aliphatic carbocycles. The predicted octanol–water partition coefficient (Wildman–Crippen LogP) is 2.65. The van der Waals surface area contributed by atoms with Gasteiger partial charge < -0.3 is 20.1 Å². The van der Waals surface area contributed by atoms with Gasteiger partial charge in [0.25, 0.3) is 0 Å². The van der Waals surface area contributed by atoms with Gasteiger partial charge in [0.15, 0.2) is 17.3 Å². The average molecular weight is 314 g/mol. The Morgan fingerprint density at radius 2 is 1.74 bits per heavy atom. The highest BCUT2D eigenvalue weighted by molar-refractivity contribution is 5.82. The number of nitrogens with two attached hydrogens (primary N) is 1. The van der Waals surface area contributed by atoms with Crippen LogP contribution in [0.4, 0.5) is 11.5 Å². The van der Waals surface area contributed by atoms with Gasteiger partial charge in [-0.15, -0.1) is 0 Å². The van der Waals surface area contributed by atoms with Gasteiger partial charge in [-0.25, -0.2) is 9.97 Å². The van der Waals surface area contributed by atoms with Crippen molar-refractivity contribution in [2.24, 2.45) is 0 Å². The molecule has 0 amide bonds. The van der Waals surface area contributed by atoms with Crippen molar-refractivity contribution in [1.82, 2.24) is 9.97 Å². The summed E-state index contributed by atoms with van der Waals surface area (Å²) in [7, 11) is 3.23. The van der Waals surface area contributed by atoms with Crippen LogP contribution in [0.15, 0.2) is 18.2 Å². The third kappa shape index (κ3) is 2.88. The lowest BCUT2D eigenvalue weighted by atomic mass is 10.1. The first-order chi connectivity index (χ1) is 11.1. The predicted molar refractivity (Wildman–Crippen MR) is 91.2 cm³/mol. The van der Waals surface area contributed by atoms with Crippen LogP contribution in [0.1, 0.15) is 18.7 Å². The van der Waals surface area contributed by atoms with Crippen LogP contribution >= 0.6 is 0 Å². The van der Waals surface area contributed by atoms with Crippen molar-refractivity contribution in [2.75, 3.05) is 37.9 Å². The van der Waals surface area contributed by atoms with Crippen molar-refractivity contribution in [1.29, 1.82) is 0 Å². The highest BCUT2D eigenvalue weighted by atomic mass is 16.5. The summed E-state index contributed by atoms with van der Waals surface area (Å²) in [5.41, 5.74) is 8.63. The van der Waals surface area contributed by atoms with Crippen molar-refractivity contribution >= 4 is 11.5 Å². The third-order valence-electron chi connectivity index (χ3n) is 4.10. The van der Waals surface area contributed by atoms with E-state index in [-0.39, 0.29) is 0 Å². The second-order valence-corrected chi connectivity index (χ2v) is 5.62. The van der Waals surface area contributed by atoms with Crippen molar-refractivity contribution in [2.45, 2.75) is 19.8 Å². The van der Waals surface area contributed by atoms with E-state index in [9.17, 15) is 0 Å². The standard InChI is InChI=1S/C17H22N4O2/c1-11-19-16(12-6-7-13(22-2)14(10-12)23-3)15(18)17(20-11)21-8-4-5-9-21/h6-7,10H,4-5,8-9,18H2,1-3H3. The Morgan fingerprint density at radius 1 is 1.04 bits per heavy atom. The lowest BCUT2D eigenvalue weighted by Crippen LogP contribution is -2.21. The molecule has 1 aromatic carbocycles. The van der Waals surface area contributed by atoms with E-state index in [2.05, 4.69) is 14.9 Å². The number of aromatic nitrogens is 2. The van der Waals surface area contributed by atoms with Gasteiger partial charge in [0, 0.05) is 18.7 Å². The largest absolute Gasteiger partial charge is 0.493 e. The minimum atomic E-state index is 0.615. The van der Waals surface area contributed by atoms with Gasteiger partial charge >= 0.3 is 0 Å². The van der Waals surface area contributed by atoms with Crippen LogP contribution in [0.5, 0.6) is 11.5 Å². The number of methoxy groups -OCH3 is 2. The fourth-order valence-electron chi connectivity index (χ4n) is 2.94. The second-order valence-electron chi connectivity index (χ2n) is 5.62. The van der Waals surface area contributed by atoms with Gasteiger partial charge in [-0.2, -0.15) is 0 Å². The lowest BCUT2D eigenvalue weighted by molar-refractivity contribution is 0.355. The Morgan fingerprint density at radius 3 is 2.39 bits per heavy atom. The summed E-state index contributed by atoms with van der Waals surface area (Å²) in [4.78, 5) is 11.3. The Bertz CT molecular complexity index is 712. The van der Waals surface area contributed by atoms with Gasteiger partial charge in [0.05, 0.1) is 19.9 Å². The number of nitrogen functional groups attached to an aromatic ring is 1. The Hall–Kier alpha value is -2.50. The van der Waals surface area contributed by atoms with Crippen molar-refractivity contribution in [3.05, 3.63) is 24.0 Å². The maximum absolute atomic E-state index is 6.39. The first-order valence-corrected chi connectivity index (χ1v) is 7.75. The summed E-state index contributed by atoms with van der Waals surface area (Å²) >= 11 is 0. The summed E-state index contributed by atoms with van der Waals surface area (Å²) in [5, 5.41) is 0. The monoisotopic (exact) mass is 314 g/mol. The minimum Gasteiger partial charge on any atom is -0.493 e. The molecule has 1 aromatic heterocycles. The number of hydrogen-bond acceptors (Lipinski definition) is 6. The molecule has 3 rings (SSSR count). The summed E-state index contributed by atoms with van der Waals surface area (Å²) in [6.07, 6.45) is 2.35. The van der Waals surface area contributed by atoms with E-state index in [1.807, 2.05) is 25.1 Å². The number of nitrogens with zero attached hydrogens (tertiary/aromatic N) is 3. The van der Waals surface area contributed by atoms with Crippen LogP contribution in [0.25, 0.3) is 11.3 Å². The molecule has 2 heterocycles. The molecular formula is C17H22N4O2. The molecule has 122 valence electrons. The lowest BCUT2D eigenvalue weighted by Gasteiger charge is -2.20. The number of rotatable bonds is 4. The average Bonchev–Trinajstić information content (AvgIpc) is 3.10. The molecular weight excluding hydrogens is 292 g/mol. The Labute approximate surface area is 136 Å². The number of benzene rings is 1. The molecule has 2 aromatic rings. The summed E-state index contributed by atoms with van der Waals surface area (Å²) in [5.74, 6) is 2.88. The van der Waals surface area contributed by atoms with E-state index < -0.39 is 0 Å². The van der Waals surface area contributed by atoms with Crippen LogP contribution < -0.4 is 20.1 Å².